The SMILES string of the molecule is CCC(CC)(c1ccccc1)c1nc2c(c(N3CCOCC3)n1)CCNCC2. The number of fused-ring (bicyclic) bond motifs is 1. The molecule has 0 amide bonds. The summed E-state index contributed by atoms with van der Waals surface area (Å²) in [5.41, 5.74) is 3.75. The minimum absolute atomic E-state index is 0.142. The van der Waals surface area contributed by atoms with Crippen LogP contribution >= 0.6 is 0 Å². The Morgan fingerprint density at radius 1 is 1.00 bits per heavy atom. The number of aromatic nitrogens is 2. The molecular formula is C23H32N4O. The maximum atomic E-state index is 5.60. The van der Waals surface area contributed by atoms with Crippen molar-refractivity contribution in [2.75, 3.05) is 44.3 Å². The van der Waals surface area contributed by atoms with Crippen LogP contribution in [0.1, 0.15) is 49.3 Å². The molecule has 0 saturated carbocycles. The topological polar surface area (TPSA) is 50.3 Å². The Kier molecular flexibility index (Phi) is 5.93. The molecule has 0 unspecified atom stereocenters. The van der Waals surface area contributed by atoms with E-state index in [9.17, 15) is 0 Å². The first-order chi connectivity index (χ1) is 13.8. The summed E-state index contributed by atoms with van der Waals surface area (Å²) in [6.07, 6.45) is 3.96. The van der Waals surface area contributed by atoms with Crippen LogP contribution < -0.4 is 10.2 Å². The molecule has 2 aliphatic heterocycles. The van der Waals surface area contributed by atoms with Crippen molar-refractivity contribution in [2.24, 2.45) is 0 Å². The Bertz CT molecular complexity index is 783. The number of nitrogens with zero attached hydrogens (tertiary/aromatic N) is 3. The fraction of sp³-hybridized carbons (Fsp3) is 0.565. The summed E-state index contributed by atoms with van der Waals surface area (Å²) in [6, 6.07) is 10.8. The van der Waals surface area contributed by atoms with Crippen molar-refractivity contribution >= 4 is 5.82 Å². The van der Waals surface area contributed by atoms with E-state index in [1.54, 1.807) is 0 Å². The molecule has 0 bridgehead atoms. The van der Waals surface area contributed by atoms with Crippen molar-refractivity contribution in [2.45, 2.75) is 44.9 Å². The standard InChI is InChI=1S/C23H32N4O/c1-3-23(4-2,18-8-6-5-7-9-18)22-25-20-11-13-24-12-10-19(20)21(26-22)27-14-16-28-17-15-27/h5-9,24H,3-4,10-17H2,1-2H3. The summed E-state index contributed by atoms with van der Waals surface area (Å²) >= 11 is 0. The largest absolute Gasteiger partial charge is 0.378 e. The molecule has 1 aromatic carbocycles. The molecule has 1 N–H and O–H groups in total. The highest BCUT2D eigenvalue weighted by Gasteiger charge is 2.36. The molecule has 0 aliphatic carbocycles. The minimum atomic E-state index is -0.142. The van der Waals surface area contributed by atoms with E-state index in [1.807, 2.05) is 0 Å². The fourth-order valence-electron chi connectivity index (χ4n) is 4.64. The van der Waals surface area contributed by atoms with E-state index < -0.39 is 0 Å². The van der Waals surface area contributed by atoms with Crippen molar-refractivity contribution in [1.82, 2.24) is 15.3 Å². The van der Waals surface area contributed by atoms with Crippen LogP contribution in [0.25, 0.3) is 0 Å². The zero-order valence-electron chi connectivity index (χ0n) is 17.2. The van der Waals surface area contributed by atoms with Gasteiger partial charge in [0, 0.05) is 31.6 Å². The van der Waals surface area contributed by atoms with Crippen LogP contribution in [-0.4, -0.2) is 49.4 Å². The van der Waals surface area contributed by atoms with Gasteiger partial charge in [-0.15, -0.1) is 0 Å². The van der Waals surface area contributed by atoms with Crippen molar-refractivity contribution in [3.05, 3.63) is 53.0 Å². The van der Waals surface area contributed by atoms with Crippen LogP contribution in [0.5, 0.6) is 0 Å². The molecular weight excluding hydrogens is 348 g/mol. The first-order valence-electron chi connectivity index (χ1n) is 10.8. The highest BCUT2D eigenvalue weighted by Crippen LogP contribution is 2.38. The van der Waals surface area contributed by atoms with Crippen LogP contribution in [0.15, 0.2) is 30.3 Å². The fourth-order valence-corrected chi connectivity index (χ4v) is 4.64. The monoisotopic (exact) mass is 380 g/mol. The van der Waals surface area contributed by atoms with Gasteiger partial charge in [0.15, 0.2) is 0 Å². The second kappa shape index (κ2) is 8.58. The van der Waals surface area contributed by atoms with Crippen molar-refractivity contribution in [3.8, 4) is 0 Å². The van der Waals surface area contributed by atoms with Crippen LogP contribution in [0.4, 0.5) is 5.82 Å². The lowest BCUT2D eigenvalue weighted by Gasteiger charge is -2.35. The molecule has 1 fully saturated rings. The second-order valence-corrected chi connectivity index (χ2v) is 7.80. The van der Waals surface area contributed by atoms with Gasteiger partial charge in [0.2, 0.25) is 0 Å². The third-order valence-electron chi connectivity index (χ3n) is 6.43. The van der Waals surface area contributed by atoms with Gasteiger partial charge in [-0.2, -0.15) is 0 Å². The number of anilines is 1. The normalized spacial score (nSPS) is 17.9. The van der Waals surface area contributed by atoms with E-state index >= 15 is 0 Å². The summed E-state index contributed by atoms with van der Waals surface area (Å²) in [5, 5.41) is 3.53. The molecule has 2 aliphatic rings. The van der Waals surface area contributed by atoms with Crippen molar-refractivity contribution in [3.63, 3.8) is 0 Å². The van der Waals surface area contributed by atoms with Crippen molar-refractivity contribution in [1.29, 1.82) is 0 Å². The predicted octanol–water partition coefficient (Wildman–Crippen LogP) is 3.11. The van der Waals surface area contributed by atoms with Gasteiger partial charge in [0.25, 0.3) is 0 Å². The van der Waals surface area contributed by atoms with Crippen LogP contribution in [0.2, 0.25) is 0 Å². The van der Waals surface area contributed by atoms with Crippen LogP contribution in [-0.2, 0) is 23.0 Å². The molecule has 28 heavy (non-hydrogen) atoms. The Balaban J connectivity index is 1.87. The van der Waals surface area contributed by atoms with Gasteiger partial charge in [0.05, 0.1) is 24.3 Å². The van der Waals surface area contributed by atoms with Gasteiger partial charge in [-0.05, 0) is 31.4 Å². The number of rotatable bonds is 5. The molecule has 1 aromatic heterocycles. The van der Waals surface area contributed by atoms with Crippen LogP contribution in [0, 0.1) is 0 Å². The molecule has 0 radical (unpaired) electrons. The zero-order valence-corrected chi connectivity index (χ0v) is 17.2. The lowest BCUT2D eigenvalue weighted by Crippen LogP contribution is -2.39. The van der Waals surface area contributed by atoms with Gasteiger partial charge >= 0.3 is 0 Å². The Morgan fingerprint density at radius 3 is 2.43 bits per heavy atom. The summed E-state index contributed by atoms with van der Waals surface area (Å²) < 4.78 is 5.60. The van der Waals surface area contributed by atoms with E-state index in [1.165, 1.54) is 16.8 Å². The summed E-state index contributed by atoms with van der Waals surface area (Å²) in [7, 11) is 0. The number of morpholine rings is 1. The zero-order chi connectivity index (χ0) is 19.4. The number of hydrogen-bond acceptors (Lipinski definition) is 5. The number of benzene rings is 1. The highest BCUT2D eigenvalue weighted by molar-refractivity contribution is 5.52. The van der Waals surface area contributed by atoms with Crippen molar-refractivity contribution < 1.29 is 4.74 Å². The highest BCUT2D eigenvalue weighted by atomic mass is 16.5. The maximum absolute atomic E-state index is 5.60. The molecule has 2 aromatic rings. The Hall–Kier alpha value is -1.98. The smallest absolute Gasteiger partial charge is 0.141 e. The van der Waals surface area contributed by atoms with Gasteiger partial charge in [-0.25, -0.2) is 9.97 Å². The molecule has 150 valence electrons. The molecule has 5 heteroatoms. The minimum Gasteiger partial charge on any atom is -0.378 e. The Morgan fingerprint density at radius 2 is 1.71 bits per heavy atom. The first-order valence-corrected chi connectivity index (χ1v) is 10.8. The average molecular weight is 381 g/mol. The molecule has 0 spiro atoms. The molecule has 3 heterocycles. The van der Waals surface area contributed by atoms with Gasteiger partial charge in [-0.1, -0.05) is 44.2 Å². The Labute approximate surface area is 168 Å². The summed E-state index contributed by atoms with van der Waals surface area (Å²) in [6.45, 7) is 9.89. The third-order valence-corrected chi connectivity index (χ3v) is 6.43. The van der Waals surface area contributed by atoms with E-state index in [0.29, 0.717) is 0 Å². The molecule has 4 rings (SSSR count). The molecule has 5 nitrogen and oxygen atoms in total. The van der Waals surface area contributed by atoms with E-state index in [0.717, 1.165) is 76.7 Å². The number of nitrogens with one attached hydrogen (secondary N) is 1. The van der Waals surface area contributed by atoms with Gasteiger partial charge in [0.1, 0.15) is 11.6 Å². The van der Waals surface area contributed by atoms with E-state index in [4.69, 9.17) is 14.7 Å². The second-order valence-electron chi connectivity index (χ2n) is 7.80. The predicted molar refractivity (Wildman–Crippen MR) is 113 cm³/mol. The van der Waals surface area contributed by atoms with E-state index in [2.05, 4.69) is 54.4 Å². The average Bonchev–Trinajstić information content (AvgIpc) is 3.01. The lowest BCUT2D eigenvalue weighted by molar-refractivity contribution is 0.122. The number of ether oxygens (including phenoxy) is 1. The van der Waals surface area contributed by atoms with Crippen LogP contribution in [0.3, 0.4) is 0 Å². The molecule has 1 saturated heterocycles. The first kappa shape index (κ1) is 19.3. The quantitative estimate of drug-likeness (QED) is 0.864. The van der Waals surface area contributed by atoms with Gasteiger partial charge in [-0.3, -0.25) is 0 Å². The third kappa shape index (κ3) is 3.53. The maximum Gasteiger partial charge on any atom is 0.141 e. The summed E-state index contributed by atoms with van der Waals surface area (Å²) in [5.74, 6) is 2.14. The summed E-state index contributed by atoms with van der Waals surface area (Å²) in [4.78, 5) is 12.9. The van der Waals surface area contributed by atoms with E-state index in [-0.39, 0.29) is 5.41 Å². The number of hydrogen-bond donors (Lipinski definition) is 1. The molecule has 0 atom stereocenters. The van der Waals surface area contributed by atoms with Gasteiger partial charge < -0.3 is 15.0 Å². The lowest BCUT2D eigenvalue weighted by atomic mass is 9.75.